The molecule has 1 aliphatic carbocycles. The van der Waals surface area contributed by atoms with Gasteiger partial charge in [0.15, 0.2) is 0 Å². The number of anilines is 1. The van der Waals surface area contributed by atoms with E-state index in [1.807, 2.05) is 6.20 Å². The van der Waals surface area contributed by atoms with Gasteiger partial charge in [-0.05, 0) is 67.6 Å². The molecule has 2 aliphatic rings. The first-order valence-electron chi connectivity index (χ1n) is 13.4. The van der Waals surface area contributed by atoms with Crippen molar-refractivity contribution in [2.45, 2.75) is 56.9 Å². The molecule has 1 aliphatic heterocycles. The van der Waals surface area contributed by atoms with Gasteiger partial charge in [-0.3, -0.25) is 4.90 Å². The second kappa shape index (κ2) is 11.4. The predicted octanol–water partition coefficient (Wildman–Crippen LogP) is 6.30. The number of piperazine rings is 1. The average Bonchev–Trinajstić information content (AvgIpc) is 3.39. The number of nitrogens with zero attached hydrogens (tertiary/aromatic N) is 2. The first-order valence-corrected chi connectivity index (χ1v) is 13.4. The Kier molecular flexibility index (Phi) is 7.95. The zero-order valence-corrected chi connectivity index (χ0v) is 21.1. The number of ether oxygens (including phenoxy) is 1. The molecule has 37 heavy (non-hydrogen) atoms. The molecule has 0 amide bonds. The molecule has 8 heteroatoms. The van der Waals surface area contributed by atoms with Gasteiger partial charge >= 0.3 is 6.36 Å². The van der Waals surface area contributed by atoms with Gasteiger partial charge in [0.1, 0.15) is 5.75 Å². The third kappa shape index (κ3) is 6.41. The molecule has 5 nitrogen and oxygen atoms in total. The number of alkyl halides is 3. The quantitative estimate of drug-likeness (QED) is 0.370. The Balaban J connectivity index is 1.23. The Morgan fingerprint density at radius 2 is 1.68 bits per heavy atom. The van der Waals surface area contributed by atoms with E-state index >= 15 is 0 Å². The molecule has 2 atom stereocenters. The van der Waals surface area contributed by atoms with Crippen molar-refractivity contribution in [1.82, 2.24) is 9.88 Å². The Morgan fingerprint density at radius 1 is 0.946 bits per heavy atom. The van der Waals surface area contributed by atoms with Crippen LogP contribution in [0.2, 0.25) is 0 Å². The van der Waals surface area contributed by atoms with E-state index in [1.165, 1.54) is 29.6 Å². The summed E-state index contributed by atoms with van der Waals surface area (Å²) >= 11 is 0. The summed E-state index contributed by atoms with van der Waals surface area (Å²) < 4.78 is 41.9. The maximum atomic E-state index is 12.6. The number of aliphatic hydroxyl groups is 1. The molecule has 0 bridgehead atoms. The minimum atomic E-state index is -4.71. The molecule has 3 aromatic rings. The number of hydrogen-bond acceptors (Lipinski definition) is 4. The van der Waals surface area contributed by atoms with Gasteiger partial charge in [0, 0.05) is 54.9 Å². The van der Waals surface area contributed by atoms with Gasteiger partial charge < -0.3 is 19.7 Å². The van der Waals surface area contributed by atoms with Crippen LogP contribution in [0.25, 0.3) is 10.9 Å². The van der Waals surface area contributed by atoms with Gasteiger partial charge in [-0.1, -0.05) is 37.5 Å². The third-order valence-electron chi connectivity index (χ3n) is 8.13. The molecule has 2 fully saturated rings. The van der Waals surface area contributed by atoms with Gasteiger partial charge in [0.25, 0.3) is 0 Å². The molecule has 200 valence electrons. The lowest BCUT2D eigenvalue weighted by atomic mass is 9.77. The molecule has 2 N–H and O–H groups in total. The Morgan fingerprint density at radius 3 is 2.38 bits per heavy atom. The van der Waals surface area contributed by atoms with Crippen LogP contribution in [0.1, 0.15) is 50.0 Å². The summed E-state index contributed by atoms with van der Waals surface area (Å²) in [6.07, 6.45) is 3.02. The van der Waals surface area contributed by atoms with Crippen molar-refractivity contribution in [3.8, 4) is 5.75 Å². The van der Waals surface area contributed by atoms with Gasteiger partial charge in [-0.25, -0.2) is 0 Å². The molecule has 2 unspecified atom stereocenters. The summed E-state index contributed by atoms with van der Waals surface area (Å²) in [4.78, 5) is 8.15. The van der Waals surface area contributed by atoms with Crippen LogP contribution in [0.5, 0.6) is 5.75 Å². The van der Waals surface area contributed by atoms with Crippen LogP contribution in [-0.4, -0.2) is 60.2 Å². The van der Waals surface area contributed by atoms with Crippen LogP contribution in [0.15, 0.2) is 54.7 Å². The summed E-state index contributed by atoms with van der Waals surface area (Å²) in [7, 11) is 0. The standard InChI is InChI=1S/C29H36F3N3O2/c30-29(31,32)37-23-11-9-21(10-12-23)24(28(36)22-5-2-1-3-6-22)14-16-34-17-19-35(20-18-34)27-8-4-7-26-25(27)13-15-33-26/h4,7-13,15,22,24,28,33,36H,1-3,5-6,14,16-20H2. The van der Waals surface area contributed by atoms with E-state index in [1.54, 1.807) is 12.1 Å². The maximum Gasteiger partial charge on any atom is 0.573 e. The number of aromatic nitrogens is 1. The van der Waals surface area contributed by atoms with Crippen molar-refractivity contribution in [1.29, 1.82) is 0 Å². The molecule has 2 aromatic carbocycles. The lowest BCUT2D eigenvalue weighted by Crippen LogP contribution is -2.47. The van der Waals surface area contributed by atoms with Gasteiger partial charge in [0.05, 0.1) is 6.10 Å². The van der Waals surface area contributed by atoms with E-state index in [2.05, 4.69) is 43.8 Å². The van der Waals surface area contributed by atoms with E-state index in [0.29, 0.717) is 0 Å². The highest BCUT2D eigenvalue weighted by Gasteiger charge is 2.33. The maximum absolute atomic E-state index is 12.6. The first kappa shape index (κ1) is 25.9. The second-order valence-corrected chi connectivity index (χ2v) is 10.4. The van der Waals surface area contributed by atoms with E-state index in [4.69, 9.17) is 0 Å². The first-order chi connectivity index (χ1) is 17.9. The molecule has 5 rings (SSSR count). The van der Waals surface area contributed by atoms with E-state index < -0.39 is 12.5 Å². The summed E-state index contributed by atoms with van der Waals surface area (Å²) in [6, 6.07) is 14.6. The van der Waals surface area contributed by atoms with Crippen LogP contribution in [0.3, 0.4) is 0 Å². The zero-order valence-electron chi connectivity index (χ0n) is 21.1. The number of halogens is 3. The lowest BCUT2D eigenvalue weighted by molar-refractivity contribution is -0.274. The Hall–Kier alpha value is -2.71. The average molecular weight is 516 g/mol. The minimum Gasteiger partial charge on any atom is -0.406 e. The van der Waals surface area contributed by atoms with Crippen molar-refractivity contribution < 1.29 is 23.0 Å². The number of benzene rings is 2. The summed E-state index contributed by atoms with van der Waals surface area (Å²) in [5.74, 6) is -0.103. The lowest BCUT2D eigenvalue weighted by Gasteiger charge is -2.38. The fourth-order valence-electron chi connectivity index (χ4n) is 6.13. The number of aliphatic hydroxyl groups excluding tert-OH is 1. The normalized spacial score (nSPS) is 19.7. The van der Waals surface area contributed by atoms with E-state index in [9.17, 15) is 18.3 Å². The molecule has 0 spiro atoms. The second-order valence-electron chi connectivity index (χ2n) is 10.4. The van der Waals surface area contributed by atoms with Crippen LogP contribution in [0, 0.1) is 5.92 Å². The molecule has 1 saturated heterocycles. The number of hydrogen-bond donors (Lipinski definition) is 2. The predicted molar refractivity (Wildman–Crippen MR) is 140 cm³/mol. The van der Waals surface area contributed by atoms with Crippen molar-refractivity contribution in [3.63, 3.8) is 0 Å². The zero-order chi connectivity index (χ0) is 25.8. The van der Waals surface area contributed by atoms with Crippen LogP contribution in [0.4, 0.5) is 18.9 Å². The smallest absolute Gasteiger partial charge is 0.406 e. The highest BCUT2D eigenvalue weighted by Crippen LogP contribution is 2.36. The van der Waals surface area contributed by atoms with Crippen molar-refractivity contribution in [2.75, 3.05) is 37.6 Å². The molecule has 1 saturated carbocycles. The number of fused-ring (bicyclic) bond motifs is 1. The fourth-order valence-corrected chi connectivity index (χ4v) is 6.13. The van der Waals surface area contributed by atoms with Gasteiger partial charge in [0.2, 0.25) is 0 Å². The third-order valence-corrected chi connectivity index (χ3v) is 8.13. The highest BCUT2D eigenvalue weighted by atomic mass is 19.4. The minimum absolute atomic E-state index is 0.116. The summed E-state index contributed by atoms with van der Waals surface area (Å²) in [5, 5.41) is 12.6. The number of nitrogens with one attached hydrogen (secondary N) is 1. The van der Waals surface area contributed by atoms with Crippen LogP contribution in [-0.2, 0) is 0 Å². The summed E-state index contributed by atoms with van der Waals surface area (Å²) in [6.45, 7) is 4.58. The summed E-state index contributed by atoms with van der Waals surface area (Å²) in [5.41, 5.74) is 3.28. The monoisotopic (exact) mass is 515 g/mol. The Labute approximate surface area is 216 Å². The number of rotatable bonds is 8. The number of H-pyrrole nitrogens is 1. The fraction of sp³-hybridized carbons (Fsp3) is 0.517. The van der Waals surface area contributed by atoms with Gasteiger partial charge in [-0.15, -0.1) is 13.2 Å². The molecular formula is C29H36F3N3O2. The van der Waals surface area contributed by atoms with Crippen LogP contribution >= 0.6 is 0 Å². The molecule has 2 heterocycles. The largest absolute Gasteiger partial charge is 0.573 e. The molecule has 1 aromatic heterocycles. The molecule has 0 radical (unpaired) electrons. The van der Waals surface area contributed by atoms with Crippen molar-refractivity contribution >= 4 is 16.6 Å². The van der Waals surface area contributed by atoms with Crippen LogP contribution < -0.4 is 9.64 Å². The number of aromatic amines is 1. The SMILES string of the molecule is OC(C1CCCCC1)C(CCN1CCN(c2cccc3[nH]ccc23)CC1)c1ccc(OC(F)(F)F)cc1. The van der Waals surface area contributed by atoms with Crippen molar-refractivity contribution in [2.24, 2.45) is 5.92 Å². The van der Waals surface area contributed by atoms with E-state index in [0.717, 1.165) is 75.9 Å². The topological polar surface area (TPSA) is 51.7 Å². The van der Waals surface area contributed by atoms with E-state index in [-0.39, 0.29) is 17.6 Å². The highest BCUT2D eigenvalue weighted by molar-refractivity contribution is 5.92. The Bertz CT molecular complexity index is 1130. The van der Waals surface area contributed by atoms with Crippen molar-refractivity contribution in [3.05, 3.63) is 60.3 Å². The molecular weight excluding hydrogens is 479 g/mol. The van der Waals surface area contributed by atoms with Gasteiger partial charge in [-0.2, -0.15) is 0 Å².